The summed E-state index contributed by atoms with van der Waals surface area (Å²) in [5.41, 5.74) is 0.355. The molecule has 1 aromatic carbocycles. The summed E-state index contributed by atoms with van der Waals surface area (Å²) < 4.78 is 9.95. The SMILES string of the molecule is CCCCCCCC/C=C\CCCCCCCC(=O)OC(=O)c1ccc(OC)cc1. The summed E-state index contributed by atoms with van der Waals surface area (Å²) in [5.74, 6) is -0.394. The quantitative estimate of drug-likeness (QED) is 0.115. The molecule has 0 spiro atoms. The van der Waals surface area contributed by atoms with Crippen molar-refractivity contribution in [3.8, 4) is 5.75 Å². The van der Waals surface area contributed by atoms with Gasteiger partial charge >= 0.3 is 11.9 Å². The van der Waals surface area contributed by atoms with Crippen molar-refractivity contribution < 1.29 is 19.1 Å². The van der Waals surface area contributed by atoms with Crippen LogP contribution in [0.25, 0.3) is 0 Å². The van der Waals surface area contributed by atoms with Crippen LogP contribution in [0.5, 0.6) is 5.75 Å². The zero-order chi connectivity index (χ0) is 21.9. The molecule has 0 bridgehead atoms. The van der Waals surface area contributed by atoms with Gasteiger partial charge in [-0.25, -0.2) is 4.79 Å². The van der Waals surface area contributed by atoms with Gasteiger partial charge in [0.25, 0.3) is 0 Å². The van der Waals surface area contributed by atoms with Gasteiger partial charge in [-0.05, 0) is 56.4 Å². The summed E-state index contributed by atoms with van der Waals surface area (Å²) in [4.78, 5) is 23.7. The average Bonchev–Trinajstić information content (AvgIpc) is 2.76. The molecule has 0 saturated carbocycles. The maximum atomic E-state index is 11.9. The van der Waals surface area contributed by atoms with Gasteiger partial charge in [0.2, 0.25) is 0 Å². The summed E-state index contributed by atoms with van der Waals surface area (Å²) in [5, 5.41) is 0. The van der Waals surface area contributed by atoms with Gasteiger partial charge in [-0.15, -0.1) is 0 Å². The van der Waals surface area contributed by atoms with E-state index in [4.69, 9.17) is 9.47 Å². The van der Waals surface area contributed by atoms with Crippen molar-refractivity contribution >= 4 is 11.9 Å². The molecule has 1 aromatic rings. The zero-order valence-electron chi connectivity index (χ0n) is 19.0. The third kappa shape index (κ3) is 13.2. The normalized spacial score (nSPS) is 11.0. The lowest BCUT2D eigenvalue weighted by Gasteiger charge is -2.04. The van der Waals surface area contributed by atoms with E-state index in [9.17, 15) is 9.59 Å². The summed E-state index contributed by atoms with van der Waals surface area (Å²) in [6.07, 6.45) is 20.7. The van der Waals surface area contributed by atoms with Crippen LogP contribution >= 0.6 is 0 Å². The number of rotatable bonds is 17. The second-order valence-corrected chi connectivity index (χ2v) is 7.82. The van der Waals surface area contributed by atoms with Crippen molar-refractivity contribution in [2.75, 3.05) is 7.11 Å². The number of carbonyl (C=O) groups is 2. The predicted molar refractivity (Wildman–Crippen MR) is 123 cm³/mol. The van der Waals surface area contributed by atoms with E-state index in [-0.39, 0.29) is 0 Å². The van der Waals surface area contributed by atoms with Crippen LogP contribution in [0.2, 0.25) is 0 Å². The molecule has 168 valence electrons. The third-order valence-electron chi connectivity index (χ3n) is 5.17. The first kappa shape index (κ1) is 25.9. The van der Waals surface area contributed by atoms with Gasteiger partial charge in [0.15, 0.2) is 0 Å². The van der Waals surface area contributed by atoms with Crippen LogP contribution in [0, 0.1) is 0 Å². The van der Waals surface area contributed by atoms with Crippen LogP contribution in [-0.4, -0.2) is 19.0 Å². The lowest BCUT2D eigenvalue weighted by molar-refractivity contribution is -0.138. The monoisotopic (exact) mass is 416 g/mol. The number of allylic oxidation sites excluding steroid dienone is 2. The minimum Gasteiger partial charge on any atom is -0.497 e. The van der Waals surface area contributed by atoms with Crippen molar-refractivity contribution in [2.24, 2.45) is 0 Å². The van der Waals surface area contributed by atoms with E-state index >= 15 is 0 Å². The molecule has 1 rings (SSSR count). The van der Waals surface area contributed by atoms with Crippen molar-refractivity contribution in [2.45, 2.75) is 96.8 Å². The molecule has 4 heteroatoms. The molecule has 0 radical (unpaired) electrons. The summed E-state index contributed by atoms with van der Waals surface area (Å²) in [6.45, 7) is 2.25. The maximum Gasteiger partial charge on any atom is 0.345 e. The summed E-state index contributed by atoms with van der Waals surface area (Å²) in [6, 6.07) is 6.53. The molecule has 4 nitrogen and oxygen atoms in total. The smallest absolute Gasteiger partial charge is 0.345 e. The first-order valence-electron chi connectivity index (χ1n) is 11.7. The number of benzene rings is 1. The van der Waals surface area contributed by atoms with Gasteiger partial charge in [-0.3, -0.25) is 4.79 Å². The molecule has 0 aromatic heterocycles. The number of ether oxygens (including phenoxy) is 2. The van der Waals surface area contributed by atoms with Crippen molar-refractivity contribution in [1.82, 2.24) is 0 Å². The fraction of sp³-hybridized carbons (Fsp3) is 0.615. The highest BCUT2D eigenvalue weighted by Crippen LogP contribution is 2.13. The Labute approximate surface area is 183 Å². The van der Waals surface area contributed by atoms with E-state index in [0.29, 0.717) is 17.7 Å². The predicted octanol–water partition coefficient (Wildman–Crippen LogP) is 7.42. The molecule has 0 heterocycles. The molecule has 0 unspecified atom stereocenters. The Hall–Kier alpha value is -2.10. The second-order valence-electron chi connectivity index (χ2n) is 7.82. The maximum absolute atomic E-state index is 11.9. The Morgan fingerprint density at radius 2 is 1.30 bits per heavy atom. The molecular weight excluding hydrogens is 376 g/mol. The molecule has 0 aliphatic heterocycles. The van der Waals surface area contributed by atoms with Gasteiger partial charge in [0.05, 0.1) is 12.7 Å². The number of hydrogen-bond donors (Lipinski definition) is 0. The van der Waals surface area contributed by atoms with Crippen molar-refractivity contribution in [3.63, 3.8) is 0 Å². The van der Waals surface area contributed by atoms with E-state index < -0.39 is 11.9 Å². The van der Waals surface area contributed by atoms with Crippen LogP contribution in [-0.2, 0) is 9.53 Å². The second kappa shape index (κ2) is 17.7. The van der Waals surface area contributed by atoms with Crippen molar-refractivity contribution in [1.29, 1.82) is 0 Å². The Bertz CT molecular complexity index is 604. The lowest BCUT2D eigenvalue weighted by Crippen LogP contribution is -2.12. The molecule has 0 fully saturated rings. The molecule has 0 atom stereocenters. The average molecular weight is 417 g/mol. The highest BCUT2D eigenvalue weighted by Gasteiger charge is 2.12. The first-order chi connectivity index (χ1) is 14.7. The lowest BCUT2D eigenvalue weighted by atomic mass is 10.1. The Morgan fingerprint density at radius 1 is 0.767 bits per heavy atom. The first-order valence-corrected chi connectivity index (χ1v) is 11.7. The van der Waals surface area contributed by atoms with Crippen LogP contribution in [0.4, 0.5) is 0 Å². The van der Waals surface area contributed by atoms with Crippen molar-refractivity contribution in [3.05, 3.63) is 42.0 Å². The number of esters is 2. The van der Waals surface area contributed by atoms with Crippen LogP contribution in [0.3, 0.4) is 0 Å². The van der Waals surface area contributed by atoms with Gasteiger partial charge in [-0.2, -0.15) is 0 Å². The number of methoxy groups -OCH3 is 1. The molecule has 0 saturated heterocycles. The fourth-order valence-electron chi connectivity index (χ4n) is 3.28. The molecule has 0 amide bonds. The highest BCUT2D eigenvalue weighted by atomic mass is 16.6. The highest BCUT2D eigenvalue weighted by molar-refractivity contribution is 5.96. The fourth-order valence-corrected chi connectivity index (χ4v) is 3.28. The van der Waals surface area contributed by atoms with E-state index in [2.05, 4.69) is 19.1 Å². The number of hydrogen-bond acceptors (Lipinski definition) is 4. The minimum absolute atomic E-state index is 0.292. The molecular formula is C26H40O4. The van der Waals surface area contributed by atoms with Gasteiger partial charge in [0.1, 0.15) is 5.75 Å². The van der Waals surface area contributed by atoms with Gasteiger partial charge < -0.3 is 9.47 Å². The van der Waals surface area contributed by atoms with Crippen LogP contribution in [0.15, 0.2) is 36.4 Å². The third-order valence-corrected chi connectivity index (χ3v) is 5.17. The Kier molecular flexibility index (Phi) is 15.3. The molecule has 0 aliphatic carbocycles. The Morgan fingerprint density at radius 3 is 1.87 bits per heavy atom. The molecule has 30 heavy (non-hydrogen) atoms. The summed E-state index contributed by atoms with van der Waals surface area (Å²) >= 11 is 0. The van der Waals surface area contributed by atoms with E-state index in [1.807, 2.05) is 0 Å². The number of unbranched alkanes of at least 4 members (excludes halogenated alkanes) is 11. The van der Waals surface area contributed by atoms with E-state index in [1.54, 1.807) is 31.4 Å². The van der Waals surface area contributed by atoms with Crippen LogP contribution < -0.4 is 4.74 Å². The molecule has 0 N–H and O–H groups in total. The number of carbonyl (C=O) groups excluding carboxylic acids is 2. The van der Waals surface area contributed by atoms with E-state index in [1.165, 1.54) is 57.8 Å². The molecule has 0 aliphatic rings. The zero-order valence-corrected chi connectivity index (χ0v) is 19.0. The van der Waals surface area contributed by atoms with E-state index in [0.717, 1.165) is 25.7 Å². The minimum atomic E-state index is -0.601. The topological polar surface area (TPSA) is 52.6 Å². The van der Waals surface area contributed by atoms with Crippen LogP contribution in [0.1, 0.15) is 107 Å². The summed E-state index contributed by atoms with van der Waals surface area (Å²) in [7, 11) is 1.56. The van der Waals surface area contributed by atoms with Gasteiger partial charge in [0, 0.05) is 6.42 Å². The largest absolute Gasteiger partial charge is 0.497 e. The Balaban J connectivity index is 1.95. The standard InChI is InChI=1S/C26H40O4/c1-3-4-5-6-7-8-9-10-11-12-13-14-15-16-17-18-25(27)30-26(28)23-19-21-24(29-2)22-20-23/h10-11,19-22H,3-9,12-18H2,1-2H3/b11-10-. The van der Waals surface area contributed by atoms with Gasteiger partial charge in [-0.1, -0.05) is 70.4 Å².